The Morgan fingerprint density at radius 3 is 2.50 bits per heavy atom. The number of hydrogen-bond acceptors (Lipinski definition) is 1. The first-order valence-electron chi connectivity index (χ1n) is 5.11. The summed E-state index contributed by atoms with van der Waals surface area (Å²) in [5.41, 5.74) is 0. The lowest BCUT2D eigenvalue weighted by Gasteiger charge is -2.14. The van der Waals surface area contributed by atoms with E-state index in [1.807, 2.05) is 0 Å². The van der Waals surface area contributed by atoms with Crippen LogP contribution in [0.1, 0.15) is 34.1 Å². The molecule has 0 saturated heterocycles. The van der Waals surface area contributed by atoms with E-state index in [9.17, 15) is 0 Å². The molecule has 1 rings (SSSR count). The van der Waals surface area contributed by atoms with Gasteiger partial charge in [-0.3, -0.25) is 9.48 Å². The highest BCUT2D eigenvalue weighted by Gasteiger charge is 2.32. The molecule has 0 aliphatic carbocycles. The molecule has 0 aromatic carbocycles. The lowest BCUT2D eigenvalue weighted by Crippen LogP contribution is -2.34. The molecule has 0 fully saturated rings. The maximum absolute atomic E-state index is 2.52. The van der Waals surface area contributed by atoms with Crippen molar-refractivity contribution in [3.63, 3.8) is 0 Å². The Bertz CT molecular complexity index is 184. The van der Waals surface area contributed by atoms with Crippen molar-refractivity contribution < 1.29 is 4.58 Å². The van der Waals surface area contributed by atoms with Crippen LogP contribution in [0.15, 0.2) is 0 Å². The van der Waals surface area contributed by atoms with E-state index in [1.54, 1.807) is 0 Å². The molecule has 0 aromatic rings. The molecule has 0 spiro atoms. The van der Waals surface area contributed by atoms with Crippen LogP contribution in [0.5, 0.6) is 0 Å². The minimum absolute atomic E-state index is 0.713. The lowest BCUT2D eigenvalue weighted by atomic mass is 10.3. The van der Waals surface area contributed by atoms with E-state index in [4.69, 9.17) is 0 Å². The SMILES string of the molecule is CCC1=[N+](CC)CC(C)N1CC. The Kier molecular flexibility index (Phi) is 3.12. The molecule has 1 aliphatic heterocycles. The Balaban J connectivity index is 2.80. The first kappa shape index (κ1) is 9.56. The first-order chi connectivity index (χ1) is 5.74. The number of nitrogens with zero attached hydrogens (tertiary/aromatic N) is 2. The molecule has 1 heterocycles. The minimum atomic E-state index is 0.713. The van der Waals surface area contributed by atoms with Crippen molar-refractivity contribution in [3.8, 4) is 0 Å². The summed E-state index contributed by atoms with van der Waals surface area (Å²) in [6.07, 6.45) is 1.17. The van der Waals surface area contributed by atoms with Crippen LogP contribution in [-0.4, -0.2) is 41.0 Å². The van der Waals surface area contributed by atoms with E-state index in [0.29, 0.717) is 6.04 Å². The fourth-order valence-corrected chi connectivity index (χ4v) is 2.19. The van der Waals surface area contributed by atoms with Gasteiger partial charge in [-0.25, -0.2) is 0 Å². The van der Waals surface area contributed by atoms with E-state index < -0.39 is 0 Å². The summed E-state index contributed by atoms with van der Waals surface area (Å²) in [7, 11) is 0. The Labute approximate surface area is 75.9 Å². The second-order valence-electron chi connectivity index (χ2n) is 3.44. The van der Waals surface area contributed by atoms with Crippen LogP contribution in [0.25, 0.3) is 0 Å². The summed E-state index contributed by atoms with van der Waals surface area (Å²) in [6.45, 7) is 12.6. The Hall–Kier alpha value is -0.530. The van der Waals surface area contributed by atoms with Gasteiger partial charge in [0.25, 0.3) is 0 Å². The third-order valence-electron chi connectivity index (χ3n) is 2.75. The molecule has 0 radical (unpaired) electrons. The van der Waals surface area contributed by atoms with Gasteiger partial charge in [-0.2, -0.15) is 0 Å². The zero-order valence-electron chi connectivity index (χ0n) is 8.80. The summed E-state index contributed by atoms with van der Waals surface area (Å²) >= 11 is 0. The molecule has 2 nitrogen and oxygen atoms in total. The van der Waals surface area contributed by atoms with Crippen molar-refractivity contribution in [1.29, 1.82) is 0 Å². The number of likely N-dealkylation sites (N-methyl/N-ethyl adjacent to an activating group) is 2. The predicted octanol–water partition coefficient (Wildman–Crippen LogP) is 1.55. The van der Waals surface area contributed by atoms with E-state index in [2.05, 4.69) is 37.2 Å². The highest BCUT2D eigenvalue weighted by molar-refractivity contribution is 5.78. The Morgan fingerprint density at radius 2 is 2.08 bits per heavy atom. The van der Waals surface area contributed by atoms with Gasteiger partial charge in [-0.1, -0.05) is 6.92 Å². The van der Waals surface area contributed by atoms with Gasteiger partial charge >= 0.3 is 0 Å². The van der Waals surface area contributed by atoms with Crippen LogP contribution < -0.4 is 0 Å². The molecule has 0 N–H and O–H groups in total. The quantitative estimate of drug-likeness (QED) is 0.581. The van der Waals surface area contributed by atoms with Gasteiger partial charge in [0.1, 0.15) is 12.6 Å². The fraction of sp³-hybridized carbons (Fsp3) is 0.900. The van der Waals surface area contributed by atoms with Gasteiger partial charge in [0.2, 0.25) is 5.84 Å². The van der Waals surface area contributed by atoms with Crippen LogP contribution in [-0.2, 0) is 0 Å². The van der Waals surface area contributed by atoms with Crippen LogP contribution >= 0.6 is 0 Å². The van der Waals surface area contributed by atoms with Gasteiger partial charge in [-0.15, -0.1) is 0 Å². The predicted molar refractivity (Wildman–Crippen MR) is 52.8 cm³/mol. The van der Waals surface area contributed by atoms with E-state index in [1.165, 1.54) is 18.8 Å². The van der Waals surface area contributed by atoms with Crippen LogP contribution in [0.4, 0.5) is 0 Å². The van der Waals surface area contributed by atoms with Gasteiger partial charge < -0.3 is 0 Å². The van der Waals surface area contributed by atoms with Crippen molar-refractivity contribution >= 4 is 5.84 Å². The number of hydrogen-bond donors (Lipinski definition) is 0. The third-order valence-corrected chi connectivity index (χ3v) is 2.75. The third kappa shape index (κ3) is 1.47. The average Bonchev–Trinajstić information content (AvgIpc) is 2.40. The fourth-order valence-electron chi connectivity index (χ4n) is 2.19. The zero-order chi connectivity index (χ0) is 9.14. The molecular formula is C10H21N2+. The molecule has 0 amide bonds. The van der Waals surface area contributed by atoms with Crippen molar-refractivity contribution in [2.75, 3.05) is 19.6 Å². The van der Waals surface area contributed by atoms with Gasteiger partial charge in [0.15, 0.2) is 0 Å². The standard InChI is InChI=1S/C10H21N2/c1-5-10-11(6-2)8-9(4)12(10)7-3/h9H,5-8H2,1-4H3/q+1. The first-order valence-corrected chi connectivity index (χ1v) is 5.11. The van der Waals surface area contributed by atoms with Gasteiger partial charge in [0, 0.05) is 6.42 Å². The maximum atomic E-state index is 2.52. The van der Waals surface area contributed by atoms with Crippen LogP contribution in [0.2, 0.25) is 0 Å². The van der Waals surface area contributed by atoms with Gasteiger partial charge in [-0.05, 0) is 20.8 Å². The lowest BCUT2D eigenvalue weighted by molar-refractivity contribution is -0.518. The number of amidine groups is 1. The second-order valence-corrected chi connectivity index (χ2v) is 3.44. The van der Waals surface area contributed by atoms with Crippen molar-refractivity contribution in [2.45, 2.75) is 40.2 Å². The maximum Gasteiger partial charge on any atom is 0.246 e. The summed E-state index contributed by atoms with van der Waals surface area (Å²) in [5.74, 6) is 1.53. The average molecular weight is 169 g/mol. The molecule has 2 heteroatoms. The summed E-state index contributed by atoms with van der Waals surface area (Å²) in [6, 6.07) is 0.713. The summed E-state index contributed by atoms with van der Waals surface area (Å²) < 4.78 is 2.49. The van der Waals surface area contributed by atoms with Crippen LogP contribution in [0, 0.1) is 0 Å². The molecule has 1 atom stereocenters. The van der Waals surface area contributed by atoms with Crippen molar-refractivity contribution in [2.24, 2.45) is 0 Å². The molecule has 1 aliphatic rings. The van der Waals surface area contributed by atoms with E-state index in [-0.39, 0.29) is 0 Å². The largest absolute Gasteiger partial charge is 0.262 e. The molecule has 0 aromatic heterocycles. The Morgan fingerprint density at radius 1 is 1.42 bits per heavy atom. The van der Waals surface area contributed by atoms with Gasteiger partial charge in [0.05, 0.1) is 13.1 Å². The van der Waals surface area contributed by atoms with Crippen LogP contribution in [0.3, 0.4) is 0 Å². The molecular weight excluding hydrogens is 148 g/mol. The molecule has 1 unspecified atom stereocenters. The van der Waals surface area contributed by atoms with E-state index >= 15 is 0 Å². The topological polar surface area (TPSA) is 6.25 Å². The highest BCUT2D eigenvalue weighted by Crippen LogP contribution is 2.11. The highest BCUT2D eigenvalue weighted by atomic mass is 15.3. The molecule has 70 valence electrons. The number of rotatable bonds is 3. The normalized spacial score (nSPS) is 24.0. The summed E-state index contributed by atoms with van der Waals surface area (Å²) in [4.78, 5) is 2.52. The molecule has 12 heavy (non-hydrogen) atoms. The van der Waals surface area contributed by atoms with Crippen molar-refractivity contribution in [3.05, 3.63) is 0 Å². The zero-order valence-corrected chi connectivity index (χ0v) is 8.80. The second kappa shape index (κ2) is 3.92. The molecule has 0 bridgehead atoms. The monoisotopic (exact) mass is 169 g/mol. The van der Waals surface area contributed by atoms with E-state index in [0.717, 1.165) is 13.1 Å². The minimum Gasteiger partial charge on any atom is -0.262 e. The smallest absolute Gasteiger partial charge is 0.246 e. The summed E-state index contributed by atoms with van der Waals surface area (Å²) in [5, 5.41) is 0. The van der Waals surface area contributed by atoms with Crippen molar-refractivity contribution in [1.82, 2.24) is 4.90 Å². The molecule has 0 saturated carbocycles.